The van der Waals surface area contributed by atoms with Crippen LogP contribution in [0.25, 0.3) is 0 Å². The zero-order valence-corrected chi connectivity index (χ0v) is 11.4. The number of carbonyl (C=O) groups is 1. The van der Waals surface area contributed by atoms with Crippen LogP contribution in [0.2, 0.25) is 0 Å². The largest absolute Gasteiger partial charge is 0.418 e. The maximum absolute atomic E-state index is 13.0. The Hall–Kier alpha value is -1.72. The lowest BCUT2D eigenvalue weighted by Crippen LogP contribution is -2.30. The maximum atomic E-state index is 13.0. The Morgan fingerprint density at radius 3 is 2.60 bits per heavy atom. The van der Waals surface area contributed by atoms with Gasteiger partial charge in [-0.15, -0.1) is 0 Å². The Balaban J connectivity index is 2.27. The summed E-state index contributed by atoms with van der Waals surface area (Å²) in [4.78, 5) is 13.1. The molecule has 6 heteroatoms. The van der Waals surface area contributed by atoms with Crippen molar-refractivity contribution in [2.45, 2.75) is 32.5 Å². The van der Waals surface area contributed by atoms with Gasteiger partial charge in [-0.25, -0.2) is 4.79 Å². The molecule has 1 heterocycles. The van der Waals surface area contributed by atoms with Crippen LogP contribution < -0.4 is 10.2 Å². The minimum Gasteiger partial charge on any atom is -0.333 e. The first-order valence-corrected chi connectivity index (χ1v) is 6.53. The molecule has 0 bridgehead atoms. The van der Waals surface area contributed by atoms with E-state index in [0.717, 1.165) is 12.5 Å². The summed E-state index contributed by atoms with van der Waals surface area (Å²) in [6.07, 6.45) is -3.72. The van der Waals surface area contributed by atoms with E-state index in [1.165, 1.54) is 23.1 Å². The minimum atomic E-state index is -4.47. The van der Waals surface area contributed by atoms with E-state index >= 15 is 0 Å². The molecule has 0 aromatic heterocycles. The number of nitrogens with one attached hydrogen (secondary N) is 1. The predicted molar refractivity (Wildman–Crippen MR) is 70.6 cm³/mol. The molecule has 1 aromatic rings. The third kappa shape index (κ3) is 3.05. The molecular weight excluding hydrogens is 269 g/mol. The quantitative estimate of drug-likeness (QED) is 0.903. The summed E-state index contributed by atoms with van der Waals surface area (Å²) in [7, 11) is 0. The monoisotopic (exact) mass is 286 g/mol. The molecule has 0 saturated carbocycles. The van der Waals surface area contributed by atoms with Crippen molar-refractivity contribution in [1.29, 1.82) is 0 Å². The fourth-order valence-corrected chi connectivity index (χ4v) is 2.46. The molecule has 1 aliphatic heterocycles. The number of urea groups is 1. The average molecular weight is 286 g/mol. The predicted octanol–water partition coefficient (Wildman–Crippen LogP) is 3.65. The Morgan fingerprint density at radius 2 is 2.00 bits per heavy atom. The van der Waals surface area contributed by atoms with Crippen LogP contribution in [-0.2, 0) is 6.18 Å². The van der Waals surface area contributed by atoms with Gasteiger partial charge < -0.3 is 5.32 Å². The second-order valence-electron chi connectivity index (χ2n) is 5.40. The van der Waals surface area contributed by atoms with Crippen molar-refractivity contribution in [3.8, 4) is 0 Å². The highest BCUT2D eigenvalue weighted by Crippen LogP contribution is 2.37. The molecule has 3 nitrogen and oxygen atoms in total. The number of hydrogen-bond acceptors (Lipinski definition) is 1. The molecule has 2 amide bonds. The van der Waals surface area contributed by atoms with E-state index in [0.29, 0.717) is 5.92 Å². The highest BCUT2D eigenvalue weighted by molar-refractivity contribution is 5.95. The van der Waals surface area contributed by atoms with Gasteiger partial charge in [0.05, 0.1) is 11.3 Å². The molecular formula is C14H17F3N2O. The summed E-state index contributed by atoms with van der Waals surface area (Å²) >= 11 is 0. The van der Waals surface area contributed by atoms with Crippen LogP contribution >= 0.6 is 0 Å². The van der Waals surface area contributed by atoms with Gasteiger partial charge in [0.2, 0.25) is 0 Å². The Bertz CT molecular complexity index is 499. The Morgan fingerprint density at radius 1 is 1.35 bits per heavy atom. The zero-order chi connectivity index (χ0) is 14.9. The van der Waals surface area contributed by atoms with E-state index < -0.39 is 17.8 Å². The second kappa shape index (κ2) is 5.34. The number of rotatable bonds is 3. The van der Waals surface area contributed by atoms with Gasteiger partial charge in [0.1, 0.15) is 0 Å². The third-order valence-corrected chi connectivity index (χ3v) is 3.23. The average Bonchev–Trinajstić information content (AvgIpc) is 2.68. The standard InChI is InChI=1S/C14H17F3N2O/c1-9(2)7-10-8-19(13(20)18-10)12-6-4-3-5-11(12)14(15,16)17/h3-6,9-10H,7-8H2,1-2H3,(H,18,20). The molecule has 1 unspecified atom stereocenters. The van der Waals surface area contributed by atoms with Gasteiger partial charge in [0.25, 0.3) is 0 Å². The molecule has 0 spiro atoms. The van der Waals surface area contributed by atoms with Gasteiger partial charge in [0.15, 0.2) is 0 Å². The molecule has 2 rings (SSSR count). The van der Waals surface area contributed by atoms with E-state index in [9.17, 15) is 18.0 Å². The number of alkyl halides is 3. The Labute approximate surface area is 115 Å². The molecule has 1 saturated heterocycles. The molecule has 0 radical (unpaired) electrons. The number of carbonyl (C=O) groups excluding carboxylic acids is 1. The van der Waals surface area contributed by atoms with Crippen LogP contribution in [0.3, 0.4) is 0 Å². The van der Waals surface area contributed by atoms with Crippen LogP contribution in [0.4, 0.5) is 23.7 Å². The molecule has 110 valence electrons. The van der Waals surface area contributed by atoms with Crippen LogP contribution in [0, 0.1) is 5.92 Å². The number of anilines is 1. The van der Waals surface area contributed by atoms with Gasteiger partial charge in [-0.3, -0.25) is 4.90 Å². The summed E-state index contributed by atoms with van der Waals surface area (Å²) in [6, 6.07) is 4.59. The van der Waals surface area contributed by atoms with E-state index in [4.69, 9.17) is 0 Å². The van der Waals surface area contributed by atoms with Gasteiger partial charge in [-0.1, -0.05) is 26.0 Å². The highest BCUT2D eigenvalue weighted by Gasteiger charge is 2.38. The van der Waals surface area contributed by atoms with Crippen molar-refractivity contribution in [3.05, 3.63) is 29.8 Å². The molecule has 1 atom stereocenters. The smallest absolute Gasteiger partial charge is 0.333 e. The third-order valence-electron chi connectivity index (χ3n) is 3.23. The van der Waals surface area contributed by atoms with Crippen molar-refractivity contribution in [2.24, 2.45) is 5.92 Å². The van der Waals surface area contributed by atoms with Crippen molar-refractivity contribution in [3.63, 3.8) is 0 Å². The fourth-order valence-electron chi connectivity index (χ4n) is 2.46. The van der Waals surface area contributed by atoms with E-state index in [1.54, 1.807) is 0 Å². The first-order chi connectivity index (χ1) is 9.29. The molecule has 20 heavy (non-hydrogen) atoms. The normalized spacial score (nSPS) is 19.6. The van der Waals surface area contributed by atoms with E-state index in [2.05, 4.69) is 5.32 Å². The topological polar surface area (TPSA) is 32.3 Å². The summed E-state index contributed by atoms with van der Waals surface area (Å²) in [5.74, 6) is 0.373. The van der Waals surface area contributed by atoms with Crippen molar-refractivity contribution in [2.75, 3.05) is 11.4 Å². The van der Waals surface area contributed by atoms with Gasteiger partial charge in [-0.05, 0) is 24.5 Å². The first kappa shape index (κ1) is 14.7. The molecule has 1 aromatic carbocycles. The lowest BCUT2D eigenvalue weighted by molar-refractivity contribution is -0.137. The Kier molecular flexibility index (Phi) is 3.92. The highest BCUT2D eigenvalue weighted by atomic mass is 19.4. The van der Waals surface area contributed by atoms with Gasteiger partial charge >= 0.3 is 12.2 Å². The number of amides is 2. The van der Waals surface area contributed by atoms with Gasteiger partial charge in [0, 0.05) is 12.6 Å². The molecule has 1 fully saturated rings. The van der Waals surface area contributed by atoms with Crippen LogP contribution in [0.5, 0.6) is 0 Å². The van der Waals surface area contributed by atoms with Crippen LogP contribution in [0.15, 0.2) is 24.3 Å². The summed E-state index contributed by atoms with van der Waals surface area (Å²) in [6.45, 7) is 4.29. The SMILES string of the molecule is CC(C)CC1CN(c2ccccc2C(F)(F)F)C(=O)N1. The first-order valence-electron chi connectivity index (χ1n) is 6.53. The van der Waals surface area contributed by atoms with Crippen molar-refractivity contribution >= 4 is 11.7 Å². The number of halogens is 3. The fraction of sp³-hybridized carbons (Fsp3) is 0.500. The van der Waals surface area contributed by atoms with Crippen LogP contribution in [-0.4, -0.2) is 18.6 Å². The van der Waals surface area contributed by atoms with Crippen molar-refractivity contribution in [1.82, 2.24) is 5.32 Å². The number of nitrogens with zero attached hydrogens (tertiary/aromatic N) is 1. The lowest BCUT2D eigenvalue weighted by atomic mass is 10.0. The maximum Gasteiger partial charge on any atom is 0.418 e. The lowest BCUT2D eigenvalue weighted by Gasteiger charge is -2.20. The van der Waals surface area contributed by atoms with Crippen molar-refractivity contribution < 1.29 is 18.0 Å². The van der Waals surface area contributed by atoms with Crippen LogP contribution in [0.1, 0.15) is 25.8 Å². The van der Waals surface area contributed by atoms with E-state index in [-0.39, 0.29) is 18.3 Å². The van der Waals surface area contributed by atoms with E-state index in [1.807, 2.05) is 13.8 Å². The number of para-hydroxylation sites is 1. The number of benzene rings is 1. The molecule has 0 aliphatic carbocycles. The minimum absolute atomic E-state index is 0.0799. The zero-order valence-electron chi connectivity index (χ0n) is 11.4. The number of hydrogen-bond donors (Lipinski definition) is 1. The molecule has 1 aliphatic rings. The summed E-state index contributed by atoms with van der Waals surface area (Å²) < 4.78 is 38.9. The molecule has 1 N–H and O–H groups in total. The summed E-state index contributed by atoms with van der Waals surface area (Å²) in [5.41, 5.74) is -0.857. The van der Waals surface area contributed by atoms with Gasteiger partial charge in [-0.2, -0.15) is 13.2 Å². The second-order valence-corrected chi connectivity index (χ2v) is 5.40. The summed E-state index contributed by atoms with van der Waals surface area (Å²) in [5, 5.41) is 2.73.